The van der Waals surface area contributed by atoms with Crippen LogP contribution in [0.1, 0.15) is 11.3 Å². The van der Waals surface area contributed by atoms with Gasteiger partial charge in [0.1, 0.15) is 0 Å². The Kier molecular flexibility index (Phi) is 2.49. The molecule has 0 amide bonds. The Hall–Kier alpha value is -2.69. The Labute approximate surface area is 104 Å². The number of nitrogens with zero attached hydrogens (tertiary/aromatic N) is 4. The molecule has 2 N–H and O–H groups in total. The van der Waals surface area contributed by atoms with Crippen molar-refractivity contribution in [1.29, 1.82) is 0 Å². The van der Waals surface area contributed by atoms with E-state index in [0.717, 1.165) is 11.3 Å². The lowest BCUT2D eigenvalue weighted by Gasteiger charge is -1.96. The molecule has 2 aromatic heterocycles. The summed E-state index contributed by atoms with van der Waals surface area (Å²) in [5, 5.41) is 4.09. The average molecular weight is 237 g/mol. The van der Waals surface area contributed by atoms with E-state index in [4.69, 9.17) is 5.73 Å². The van der Waals surface area contributed by atoms with Crippen molar-refractivity contribution in [3.63, 3.8) is 0 Å². The predicted octanol–water partition coefficient (Wildman–Crippen LogP) is 1.88. The summed E-state index contributed by atoms with van der Waals surface area (Å²) < 4.78 is 1.62. The van der Waals surface area contributed by atoms with Gasteiger partial charge in [-0.25, -0.2) is 4.98 Å². The molecule has 18 heavy (non-hydrogen) atoms. The number of fused-ring (bicyclic) bond motifs is 1. The van der Waals surface area contributed by atoms with Crippen molar-refractivity contribution in [3.8, 4) is 0 Å². The molecule has 3 rings (SSSR count). The van der Waals surface area contributed by atoms with Gasteiger partial charge in [0.15, 0.2) is 0 Å². The molecule has 0 aliphatic rings. The maximum absolute atomic E-state index is 5.56. The van der Waals surface area contributed by atoms with E-state index < -0.39 is 0 Å². The molecule has 0 bridgehead atoms. The van der Waals surface area contributed by atoms with Gasteiger partial charge < -0.3 is 5.73 Å². The Morgan fingerprint density at radius 2 is 1.89 bits per heavy atom. The monoisotopic (exact) mass is 237 g/mol. The number of hydrogen-bond donors (Lipinski definition) is 1. The van der Waals surface area contributed by atoms with E-state index >= 15 is 0 Å². The zero-order chi connectivity index (χ0) is 12.4. The molecule has 0 saturated heterocycles. The smallest absolute Gasteiger partial charge is 0.254 e. The first kappa shape index (κ1) is 10.5. The second kappa shape index (κ2) is 4.29. The van der Waals surface area contributed by atoms with Gasteiger partial charge in [0, 0.05) is 6.20 Å². The summed E-state index contributed by atoms with van der Waals surface area (Å²) in [4.78, 5) is 8.11. The van der Waals surface area contributed by atoms with Crippen LogP contribution in [0.25, 0.3) is 17.9 Å². The lowest BCUT2D eigenvalue weighted by atomic mass is 10.2. The van der Waals surface area contributed by atoms with Gasteiger partial charge in [0.25, 0.3) is 5.78 Å². The summed E-state index contributed by atoms with van der Waals surface area (Å²) in [6.07, 6.45) is 5.65. The van der Waals surface area contributed by atoms with Crippen LogP contribution in [-0.2, 0) is 0 Å². The molecule has 0 fully saturated rings. The molecular formula is C13H11N5. The van der Waals surface area contributed by atoms with Crippen molar-refractivity contribution in [1.82, 2.24) is 19.6 Å². The zero-order valence-electron chi connectivity index (χ0n) is 9.56. The van der Waals surface area contributed by atoms with Gasteiger partial charge in [-0.05, 0) is 17.7 Å². The van der Waals surface area contributed by atoms with Gasteiger partial charge in [-0.3, -0.25) is 0 Å². The van der Waals surface area contributed by atoms with Crippen LogP contribution < -0.4 is 5.73 Å². The largest absolute Gasteiger partial charge is 0.366 e. The van der Waals surface area contributed by atoms with Crippen LogP contribution in [0.3, 0.4) is 0 Å². The maximum Gasteiger partial charge on any atom is 0.254 e. The summed E-state index contributed by atoms with van der Waals surface area (Å²) in [6, 6.07) is 11.9. The van der Waals surface area contributed by atoms with E-state index in [1.165, 1.54) is 0 Å². The van der Waals surface area contributed by atoms with E-state index in [0.29, 0.717) is 5.78 Å². The van der Waals surface area contributed by atoms with E-state index in [-0.39, 0.29) is 5.95 Å². The molecule has 0 aliphatic carbocycles. The third kappa shape index (κ3) is 1.93. The van der Waals surface area contributed by atoms with E-state index in [9.17, 15) is 0 Å². The SMILES string of the molecule is Nc1nc2nccc(/C=C/c3ccccc3)n2n1. The Bertz CT molecular complexity index is 700. The van der Waals surface area contributed by atoms with Gasteiger partial charge in [0.05, 0.1) is 5.69 Å². The fourth-order valence-corrected chi connectivity index (χ4v) is 1.70. The van der Waals surface area contributed by atoms with Crippen LogP contribution in [0, 0.1) is 0 Å². The predicted molar refractivity (Wildman–Crippen MR) is 70.6 cm³/mol. The zero-order valence-corrected chi connectivity index (χ0v) is 9.56. The minimum absolute atomic E-state index is 0.225. The fourth-order valence-electron chi connectivity index (χ4n) is 1.70. The Morgan fingerprint density at radius 3 is 2.72 bits per heavy atom. The molecule has 0 radical (unpaired) electrons. The summed E-state index contributed by atoms with van der Waals surface area (Å²) in [6.45, 7) is 0. The van der Waals surface area contributed by atoms with Crippen LogP contribution in [-0.4, -0.2) is 19.6 Å². The number of aromatic nitrogens is 4. The average Bonchev–Trinajstić information content (AvgIpc) is 2.78. The van der Waals surface area contributed by atoms with Gasteiger partial charge in [0.2, 0.25) is 5.95 Å². The second-order valence-electron chi connectivity index (χ2n) is 3.80. The third-order valence-electron chi connectivity index (χ3n) is 2.53. The maximum atomic E-state index is 5.56. The van der Waals surface area contributed by atoms with Crippen molar-refractivity contribution in [2.24, 2.45) is 0 Å². The molecule has 0 spiro atoms. The number of benzene rings is 1. The highest BCUT2D eigenvalue weighted by atomic mass is 15.4. The first-order valence-corrected chi connectivity index (χ1v) is 5.53. The molecule has 0 saturated carbocycles. The van der Waals surface area contributed by atoms with Gasteiger partial charge in [-0.15, -0.1) is 5.10 Å². The summed E-state index contributed by atoms with van der Waals surface area (Å²) in [7, 11) is 0. The topological polar surface area (TPSA) is 69.1 Å². The Morgan fingerprint density at radius 1 is 1.06 bits per heavy atom. The van der Waals surface area contributed by atoms with Gasteiger partial charge >= 0.3 is 0 Å². The lowest BCUT2D eigenvalue weighted by molar-refractivity contribution is 0.932. The lowest BCUT2D eigenvalue weighted by Crippen LogP contribution is -1.95. The molecular weight excluding hydrogens is 226 g/mol. The summed E-state index contributed by atoms with van der Waals surface area (Å²) in [5.41, 5.74) is 7.56. The molecule has 0 aliphatic heterocycles. The van der Waals surface area contributed by atoms with Gasteiger partial charge in [-0.1, -0.05) is 36.4 Å². The highest BCUT2D eigenvalue weighted by molar-refractivity contribution is 5.68. The van der Waals surface area contributed by atoms with Crippen LogP contribution in [0.4, 0.5) is 5.95 Å². The first-order valence-electron chi connectivity index (χ1n) is 5.53. The highest BCUT2D eigenvalue weighted by Gasteiger charge is 2.03. The van der Waals surface area contributed by atoms with E-state index in [2.05, 4.69) is 15.1 Å². The second-order valence-corrected chi connectivity index (χ2v) is 3.80. The molecule has 88 valence electrons. The number of hydrogen-bond acceptors (Lipinski definition) is 4. The van der Waals surface area contributed by atoms with Crippen LogP contribution >= 0.6 is 0 Å². The molecule has 1 aromatic carbocycles. The van der Waals surface area contributed by atoms with Crippen molar-refractivity contribution in [3.05, 3.63) is 53.9 Å². The van der Waals surface area contributed by atoms with E-state index in [1.807, 2.05) is 48.6 Å². The van der Waals surface area contributed by atoms with Crippen molar-refractivity contribution < 1.29 is 0 Å². The molecule has 5 heteroatoms. The van der Waals surface area contributed by atoms with Crippen LogP contribution in [0.5, 0.6) is 0 Å². The highest BCUT2D eigenvalue weighted by Crippen LogP contribution is 2.09. The molecule has 3 aromatic rings. The summed E-state index contributed by atoms with van der Waals surface area (Å²) >= 11 is 0. The van der Waals surface area contributed by atoms with Crippen LogP contribution in [0.2, 0.25) is 0 Å². The molecule has 5 nitrogen and oxygen atoms in total. The first-order chi connectivity index (χ1) is 8.83. The minimum Gasteiger partial charge on any atom is -0.366 e. The van der Waals surface area contributed by atoms with Crippen molar-refractivity contribution >= 4 is 23.9 Å². The normalized spacial score (nSPS) is 11.3. The standard InChI is InChI=1S/C13H11N5/c14-12-16-13-15-9-8-11(18(13)17-12)7-6-10-4-2-1-3-5-10/h1-9H,(H2,14,17)/b7-6+. The summed E-state index contributed by atoms with van der Waals surface area (Å²) in [5.74, 6) is 0.728. The molecule has 0 atom stereocenters. The quantitative estimate of drug-likeness (QED) is 0.738. The van der Waals surface area contributed by atoms with Gasteiger partial charge in [-0.2, -0.15) is 9.50 Å². The number of nitrogens with two attached hydrogens (primary N) is 1. The number of nitrogen functional groups attached to an aromatic ring is 1. The minimum atomic E-state index is 0.225. The van der Waals surface area contributed by atoms with E-state index in [1.54, 1.807) is 10.7 Å². The van der Waals surface area contributed by atoms with Crippen LogP contribution in [0.15, 0.2) is 42.6 Å². The van der Waals surface area contributed by atoms with Crippen molar-refractivity contribution in [2.45, 2.75) is 0 Å². The van der Waals surface area contributed by atoms with Crippen molar-refractivity contribution in [2.75, 3.05) is 5.73 Å². The number of anilines is 1. The third-order valence-corrected chi connectivity index (χ3v) is 2.53. The fraction of sp³-hybridized carbons (Fsp3) is 0. The molecule has 2 heterocycles. The molecule has 0 unspecified atom stereocenters. The Balaban J connectivity index is 2.02. The number of rotatable bonds is 2.